The van der Waals surface area contributed by atoms with Gasteiger partial charge in [-0.3, -0.25) is 4.79 Å². The third-order valence-electron chi connectivity index (χ3n) is 4.98. The van der Waals surface area contributed by atoms with Crippen LogP contribution < -0.4 is 4.74 Å². The van der Waals surface area contributed by atoms with E-state index in [0.29, 0.717) is 18.2 Å². The molecular formula is C19H27NO3. The Kier molecular flexibility index (Phi) is 5.55. The van der Waals surface area contributed by atoms with Gasteiger partial charge in [0, 0.05) is 25.3 Å². The highest BCUT2D eigenvalue weighted by molar-refractivity contribution is 5.94. The van der Waals surface area contributed by atoms with Crippen LogP contribution in [-0.2, 0) is 4.74 Å². The molecule has 1 aliphatic carbocycles. The molecule has 1 aromatic rings. The van der Waals surface area contributed by atoms with Gasteiger partial charge in [-0.05, 0) is 43.9 Å². The van der Waals surface area contributed by atoms with E-state index in [-0.39, 0.29) is 12.0 Å². The van der Waals surface area contributed by atoms with Crippen LogP contribution in [0.4, 0.5) is 0 Å². The Morgan fingerprint density at radius 1 is 1.22 bits per heavy atom. The molecule has 4 nitrogen and oxygen atoms in total. The lowest BCUT2D eigenvalue weighted by Crippen LogP contribution is -2.38. The largest absolute Gasteiger partial charge is 0.491 e. The molecule has 1 aliphatic heterocycles. The topological polar surface area (TPSA) is 38.8 Å². The Morgan fingerprint density at radius 3 is 2.78 bits per heavy atom. The van der Waals surface area contributed by atoms with Crippen LogP contribution in [0, 0.1) is 0 Å². The summed E-state index contributed by atoms with van der Waals surface area (Å²) in [5, 5.41) is 0. The van der Waals surface area contributed by atoms with Gasteiger partial charge in [0.25, 0.3) is 5.91 Å². The van der Waals surface area contributed by atoms with Gasteiger partial charge in [0.15, 0.2) is 0 Å². The minimum atomic E-state index is 0.0967. The number of carbonyl (C=O) groups excluding carboxylic acids is 1. The average molecular weight is 317 g/mol. The summed E-state index contributed by atoms with van der Waals surface area (Å²) in [4.78, 5) is 14.6. The van der Waals surface area contributed by atoms with Crippen LogP contribution in [0.2, 0.25) is 0 Å². The minimum absolute atomic E-state index is 0.0967. The summed E-state index contributed by atoms with van der Waals surface area (Å²) in [6.45, 7) is 1.40. The van der Waals surface area contributed by atoms with Crippen molar-refractivity contribution in [1.82, 2.24) is 4.90 Å². The lowest BCUT2D eigenvalue weighted by molar-refractivity contribution is 0.0672. The number of benzene rings is 1. The van der Waals surface area contributed by atoms with E-state index in [0.717, 1.165) is 38.0 Å². The van der Waals surface area contributed by atoms with Crippen molar-refractivity contribution in [2.24, 2.45) is 0 Å². The molecule has 0 bridgehead atoms. The van der Waals surface area contributed by atoms with Crippen molar-refractivity contribution >= 4 is 5.91 Å². The summed E-state index contributed by atoms with van der Waals surface area (Å²) in [6, 6.07) is 7.92. The van der Waals surface area contributed by atoms with E-state index in [1.165, 1.54) is 19.3 Å². The first-order valence-corrected chi connectivity index (χ1v) is 8.85. The number of hydrogen-bond donors (Lipinski definition) is 0. The molecule has 3 rings (SSSR count). The molecule has 1 amide bonds. The quantitative estimate of drug-likeness (QED) is 0.832. The van der Waals surface area contributed by atoms with Crippen LogP contribution in [0.5, 0.6) is 5.75 Å². The Hall–Kier alpha value is -1.55. The first kappa shape index (κ1) is 16.3. The van der Waals surface area contributed by atoms with E-state index in [1.54, 1.807) is 0 Å². The van der Waals surface area contributed by atoms with Gasteiger partial charge in [-0.2, -0.15) is 0 Å². The molecule has 1 aromatic carbocycles. The standard InChI is InChI=1S/C19H27NO3/c1-20(16-8-3-2-4-9-16)19(21)15-7-5-10-17(13-15)23-14-18-11-6-12-22-18/h5,7,10,13,16,18H,2-4,6,8-9,11-12,14H2,1H3. The van der Waals surface area contributed by atoms with Crippen molar-refractivity contribution in [2.75, 3.05) is 20.3 Å². The van der Waals surface area contributed by atoms with Gasteiger partial charge < -0.3 is 14.4 Å². The van der Waals surface area contributed by atoms with Crippen molar-refractivity contribution < 1.29 is 14.3 Å². The molecule has 1 heterocycles. The van der Waals surface area contributed by atoms with Crippen LogP contribution in [0.25, 0.3) is 0 Å². The molecule has 0 aromatic heterocycles. The number of nitrogens with zero attached hydrogens (tertiary/aromatic N) is 1. The van der Waals surface area contributed by atoms with Crippen LogP contribution in [0.1, 0.15) is 55.3 Å². The molecule has 1 unspecified atom stereocenters. The maximum Gasteiger partial charge on any atom is 0.253 e. The summed E-state index contributed by atoms with van der Waals surface area (Å²) in [7, 11) is 1.93. The zero-order valence-corrected chi connectivity index (χ0v) is 14.0. The molecule has 0 radical (unpaired) electrons. The second-order valence-corrected chi connectivity index (χ2v) is 6.68. The molecule has 126 valence electrons. The monoisotopic (exact) mass is 317 g/mol. The third-order valence-corrected chi connectivity index (χ3v) is 4.98. The molecule has 23 heavy (non-hydrogen) atoms. The van der Waals surface area contributed by atoms with E-state index < -0.39 is 0 Å². The number of amides is 1. The maximum absolute atomic E-state index is 12.7. The summed E-state index contributed by atoms with van der Waals surface area (Å²) >= 11 is 0. The number of hydrogen-bond acceptors (Lipinski definition) is 3. The van der Waals surface area contributed by atoms with Gasteiger partial charge >= 0.3 is 0 Å². The number of rotatable bonds is 5. The van der Waals surface area contributed by atoms with Gasteiger partial charge in [0.1, 0.15) is 12.4 Å². The Labute approximate surface area is 138 Å². The summed E-state index contributed by atoms with van der Waals surface area (Å²) < 4.78 is 11.4. The van der Waals surface area contributed by atoms with Crippen LogP contribution in [-0.4, -0.2) is 43.2 Å². The fraction of sp³-hybridized carbons (Fsp3) is 0.632. The van der Waals surface area contributed by atoms with E-state index in [9.17, 15) is 4.79 Å². The van der Waals surface area contributed by atoms with Crippen LogP contribution >= 0.6 is 0 Å². The summed E-state index contributed by atoms with van der Waals surface area (Å²) in [5.74, 6) is 0.850. The maximum atomic E-state index is 12.7. The molecule has 0 spiro atoms. The predicted molar refractivity (Wildman–Crippen MR) is 89.9 cm³/mol. The van der Waals surface area contributed by atoms with Gasteiger partial charge in [-0.1, -0.05) is 25.3 Å². The van der Waals surface area contributed by atoms with Gasteiger partial charge in [0.05, 0.1) is 6.10 Å². The molecule has 4 heteroatoms. The van der Waals surface area contributed by atoms with Gasteiger partial charge in [-0.25, -0.2) is 0 Å². The summed E-state index contributed by atoms with van der Waals surface area (Å²) in [6.07, 6.45) is 8.36. The number of ether oxygens (including phenoxy) is 2. The highest BCUT2D eigenvalue weighted by atomic mass is 16.5. The molecule has 1 atom stereocenters. The normalized spacial score (nSPS) is 22.0. The zero-order valence-electron chi connectivity index (χ0n) is 14.0. The van der Waals surface area contributed by atoms with Crippen molar-refractivity contribution in [1.29, 1.82) is 0 Å². The Morgan fingerprint density at radius 2 is 2.04 bits per heavy atom. The second-order valence-electron chi connectivity index (χ2n) is 6.68. The molecule has 2 fully saturated rings. The lowest BCUT2D eigenvalue weighted by Gasteiger charge is -2.31. The molecule has 2 aliphatic rings. The average Bonchev–Trinajstić information content (AvgIpc) is 3.13. The first-order valence-electron chi connectivity index (χ1n) is 8.85. The summed E-state index contributed by atoms with van der Waals surface area (Å²) in [5.41, 5.74) is 0.711. The second kappa shape index (κ2) is 7.82. The zero-order chi connectivity index (χ0) is 16.1. The Balaban J connectivity index is 1.59. The molecular weight excluding hydrogens is 290 g/mol. The predicted octanol–water partition coefficient (Wildman–Crippen LogP) is 3.65. The van der Waals surface area contributed by atoms with Crippen molar-refractivity contribution in [3.8, 4) is 5.75 Å². The highest BCUT2D eigenvalue weighted by Gasteiger charge is 2.23. The molecule has 1 saturated carbocycles. The van der Waals surface area contributed by atoms with E-state index in [1.807, 2.05) is 36.2 Å². The van der Waals surface area contributed by atoms with Crippen molar-refractivity contribution in [3.05, 3.63) is 29.8 Å². The van der Waals surface area contributed by atoms with Crippen molar-refractivity contribution in [3.63, 3.8) is 0 Å². The van der Waals surface area contributed by atoms with Gasteiger partial charge in [0.2, 0.25) is 0 Å². The van der Waals surface area contributed by atoms with Crippen molar-refractivity contribution in [2.45, 2.75) is 57.1 Å². The first-order chi connectivity index (χ1) is 11.2. The number of carbonyl (C=O) groups is 1. The third kappa shape index (κ3) is 4.25. The minimum Gasteiger partial charge on any atom is -0.491 e. The lowest BCUT2D eigenvalue weighted by atomic mass is 9.94. The van der Waals surface area contributed by atoms with E-state index in [4.69, 9.17) is 9.47 Å². The van der Waals surface area contributed by atoms with Crippen LogP contribution in [0.3, 0.4) is 0 Å². The fourth-order valence-electron chi connectivity index (χ4n) is 3.52. The fourth-order valence-corrected chi connectivity index (χ4v) is 3.52. The smallest absolute Gasteiger partial charge is 0.253 e. The molecule has 0 N–H and O–H groups in total. The molecule has 1 saturated heterocycles. The van der Waals surface area contributed by atoms with E-state index in [2.05, 4.69) is 0 Å². The Bertz CT molecular complexity index is 519. The van der Waals surface area contributed by atoms with Crippen LogP contribution in [0.15, 0.2) is 24.3 Å². The van der Waals surface area contributed by atoms with Gasteiger partial charge in [-0.15, -0.1) is 0 Å². The van der Waals surface area contributed by atoms with E-state index >= 15 is 0 Å². The SMILES string of the molecule is CN(C(=O)c1cccc(OCC2CCCO2)c1)C1CCCCC1. The highest BCUT2D eigenvalue weighted by Crippen LogP contribution is 2.24.